The second-order valence-electron chi connectivity index (χ2n) is 2.50. The van der Waals surface area contributed by atoms with Crippen LogP contribution < -0.4 is 5.32 Å². The molecule has 1 unspecified atom stereocenters. The summed E-state index contributed by atoms with van der Waals surface area (Å²) >= 11 is 0. The van der Waals surface area contributed by atoms with Crippen LogP contribution in [-0.4, -0.2) is 23.3 Å². The third kappa shape index (κ3) is 0.790. The van der Waals surface area contributed by atoms with Gasteiger partial charge in [-0.25, -0.2) is 0 Å². The molecule has 0 bridgehead atoms. The van der Waals surface area contributed by atoms with Crippen molar-refractivity contribution in [1.29, 1.82) is 0 Å². The molecule has 4 heteroatoms. The molecule has 1 heterocycles. The van der Waals surface area contributed by atoms with Gasteiger partial charge in [-0.15, -0.1) is 0 Å². The van der Waals surface area contributed by atoms with E-state index in [2.05, 4.69) is 10.3 Å². The number of rotatable bonds is 0. The smallest absolute Gasteiger partial charge is 0.187 e. The highest BCUT2D eigenvalue weighted by Gasteiger charge is 2.37. The van der Waals surface area contributed by atoms with E-state index in [1.807, 2.05) is 0 Å². The van der Waals surface area contributed by atoms with E-state index < -0.39 is 6.04 Å². The summed E-state index contributed by atoms with van der Waals surface area (Å²) in [7, 11) is 0. The molecule has 2 rings (SSSR count). The van der Waals surface area contributed by atoms with Gasteiger partial charge in [0, 0.05) is 12.4 Å². The summed E-state index contributed by atoms with van der Waals surface area (Å²) in [6, 6.07) is -0.465. The molecule has 4 nitrogen and oxygen atoms in total. The molecule has 1 fully saturated rings. The van der Waals surface area contributed by atoms with Gasteiger partial charge in [0.05, 0.1) is 6.42 Å². The van der Waals surface area contributed by atoms with E-state index >= 15 is 0 Å². The minimum atomic E-state index is -0.465. The molecule has 0 aromatic rings. The molecule has 1 aliphatic carbocycles. The number of hydrogen-bond donors (Lipinski definition) is 1. The Morgan fingerprint density at radius 1 is 1.55 bits per heavy atom. The summed E-state index contributed by atoms with van der Waals surface area (Å²) in [5.41, 5.74) is 0.359. The Balaban J connectivity index is 2.42. The Morgan fingerprint density at radius 3 is 3.09 bits per heavy atom. The zero-order valence-electron chi connectivity index (χ0n) is 5.70. The summed E-state index contributed by atoms with van der Waals surface area (Å²) < 4.78 is 0. The second kappa shape index (κ2) is 2.02. The van der Waals surface area contributed by atoms with Crippen LogP contribution in [0.2, 0.25) is 0 Å². The van der Waals surface area contributed by atoms with Gasteiger partial charge in [0.25, 0.3) is 0 Å². The lowest BCUT2D eigenvalue weighted by molar-refractivity contribution is -0.121. The average Bonchev–Trinajstić information content (AvgIpc) is 2.30. The van der Waals surface area contributed by atoms with E-state index in [4.69, 9.17) is 0 Å². The normalized spacial score (nSPS) is 28.0. The van der Waals surface area contributed by atoms with Gasteiger partial charge in [-0.1, -0.05) is 0 Å². The van der Waals surface area contributed by atoms with Crippen LogP contribution >= 0.6 is 0 Å². The van der Waals surface area contributed by atoms with Crippen LogP contribution in [0.4, 0.5) is 0 Å². The first-order valence-electron chi connectivity index (χ1n) is 3.34. The Labute approximate surface area is 63.0 Å². The van der Waals surface area contributed by atoms with Gasteiger partial charge in [-0.3, -0.25) is 14.6 Å². The molecule has 1 aliphatic heterocycles. The molecule has 1 N–H and O–H groups in total. The first kappa shape index (κ1) is 6.27. The largest absolute Gasteiger partial charge is 0.375 e. The van der Waals surface area contributed by atoms with Crippen LogP contribution in [0.25, 0.3) is 0 Å². The predicted molar refractivity (Wildman–Crippen MR) is 38.1 cm³/mol. The van der Waals surface area contributed by atoms with Crippen LogP contribution in [0.1, 0.15) is 6.42 Å². The Hall–Kier alpha value is -1.45. The number of Topliss-reactive ketones (excluding diaryl/α,β-unsaturated/α-hetero) is 2. The summed E-state index contributed by atoms with van der Waals surface area (Å²) in [5.74, 6) is -0.241. The lowest BCUT2D eigenvalue weighted by Crippen LogP contribution is -2.37. The van der Waals surface area contributed by atoms with E-state index in [0.717, 1.165) is 0 Å². The number of nitrogens with one attached hydrogen (secondary N) is 1. The van der Waals surface area contributed by atoms with Gasteiger partial charge in [-0.2, -0.15) is 0 Å². The number of hydrogen-bond acceptors (Lipinski definition) is 4. The van der Waals surface area contributed by atoms with Crippen molar-refractivity contribution in [1.82, 2.24) is 5.32 Å². The van der Waals surface area contributed by atoms with Crippen molar-refractivity contribution in [2.45, 2.75) is 12.5 Å². The summed E-state index contributed by atoms with van der Waals surface area (Å²) in [5, 5.41) is 2.78. The summed E-state index contributed by atoms with van der Waals surface area (Å²) in [4.78, 5) is 25.8. The van der Waals surface area contributed by atoms with Crippen LogP contribution in [0.3, 0.4) is 0 Å². The molecule has 0 saturated heterocycles. The van der Waals surface area contributed by atoms with E-state index in [1.165, 1.54) is 6.20 Å². The lowest BCUT2D eigenvalue weighted by atomic mass is 10.2. The van der Waals surface area contributed by atoms with Gasteiger partial charge in [0.15, 0.2) is 11.6 Å². The number of aliphatic imine (C=N–C) groups is 1. The van der Waals surface area contributed by atoms with Gasteiger partial charge in [0.2, 0.25) is 0 Å². The molecule has 1 saturated carbocycles. The van der Waals surface area contributed by atoms with Gasteiger partial charge < -0.3 is 5.32 Å². The molecule has 0 radical (unpaired) electrons. The number of nitrogens with zero attached hydrogens (tertiary/aromatic N) is 1. The fourth-order valence-electron chi connectivity index (χ4n) is 1.24. The zero-order valence-corrected chi connectivity index (χ0v) is 5.70. The minimum absolute atomic E-state index is 0.00181. The standard InChI is InChI=1S/C7H6N2O2/c10-4-3-5(11)7-6(4)8-1-2-9-7/h1-2,6,8H,3H2. The van der Waals surface area contributed by atoms with Crippen molar-refractivity contribution in [3.63, 3.8) is 0 Å². The average molecular weight is 150 g/mol. The quantitative estimate of drug-likeness (QED) is 0.469. The maximum absolute atomic E-state index is 11.0. The van der Waals surface area contributed by atoms with E-state index in [-0.39, 0.29) is 18.0 Å². The highest BCUT2D eigenvalue weighted by molar-refractivity contribution is 6.54. The van der Waals surface area contributed by atoms with Gasteiger partial charge in [-0.05, 0) is 0 Å². The van der Waals surface area contributed by atoms with Crippen molar-refractivity contribution in [2.24, 2.45) is 4.99 Å². The van der Waals surface area contributed by atoms with E-state index in [9.17, 15) is 9.59 Å². The lowest BCUT2D eigenvalue weighted by Gasteiger charge is -2.10. The first-order valence-corrected chi connectivity index (χ1v) is 3.34. The van der Waals surface area contributed by atoms with Crippen LogP contribution in [-0.2, 0) is 9.59 Å². The van der Waals surface area contributed by atoms with Crippen molar-refractivity contribution in [3.8, 4) is 0 Å². The SMILES string of the molecule is O=C1CC(=O)C2NC=CN=C12. The van der Waals surface area contributed by atoms with E-state index in [1.54, 1.807) is 6.20 Å². The molecule has 1 atom stereocenters. The maximum Gasteiger partial charge on any atom is 0.187 e. The van der Waals surface area contributed by atoms with Gasteiger partial charge >= 0.3 is 0 Å². The predicted octanol–water partition coefficient (Wildman–Crippen LogP) is -0.588. The van der Waals surface area contributed by atoms with Crippen molar-refractivity contribution < 1.29 is 9.59 Å². The summed E-state index contributed by atoms with van der Waals surface area (Å²) in [6.07, 6.45) is 3.06. The van der Waals surface area contributed by atoms with Crippen molar-refractivity contribution in [3.05, 3.63) is 12.4 Å². The Morgan fingerprint density at radius 2 is 2.36 bits per heavy atom. The first-order chi connectivity index (χ1) is 5.29. The van der Waals surface area contributed by atoms with Crippen LogP contribution in [0, 0.1) is 0 Å². The number of carbonyl (C=O) groups is 2. The van der Waals surface area contributed by atoms with Crippen LogP contribution in [0.5, 0.6) is 0 Å². The molecule has 0 aromatic carbocycles. The number of ketones is 2. The molecule has 0 spiro atoms. The molecule has 56 valence electrons. The molecule has 2 aliphatic rings. The number of fused-ring (bicyclic) bond motifs is 1. The number of carbonyl (C=O) groups excluding carboxylic acids is 2. The monoisotopic (exact) mass is 150 g/mol. The Bertz CT molecular complexity index is 291. The molecule has 11 heavy (non-hydrogen) atoms. The third-order valence-electron chi connectivity index (χ3n) is 1.77. The molecule has 0 aromatic heterocycles. The summed E-state index contributed by atoms with van der Waals surface area (Å²) in [6.45, 7) is 0. The highest BCUT2D eigenvalue weighted by atomic mass is 16.2. The fourth-order valence-corrected chi connectivity index (χ4v) is 1.24. The Kier molecular flexibility index (Phi) is 1.15. The van der Waals surface area contributed by atoms with Crippen molar-refractivity contribution >= 4 is 17.3 Å². The maximum atomic E-state index is 11.0. The van der Waals surface area contributed by atoms with Crippen molar-refractivity contribution in [2.75, 3.05) is 0 Å². The second-order valence-corrected chi connectivity index (χ2v) is 2.50. The molecular weight excluding hydrogens is 144 g/mol. The minimum Gasteiger partial charge on any atom is -0.375 e. The highest BCUT2D eigenvalue weighted by Crippen LogP contribution is 2.11. The third-order valence-corrected chi connectivity index (χ3v) is 1.77. The molecular formula is C7H6N2O2. The van der Waals surface area contributed by atoms with Gasteiger partial charge in [0.1, 0.15) is 11.8 Å². The fraction of sp³-hybridized carbons (Fsp3) is 0.286. The molecule has 0 amide bonds. The topological polar surface area (TPSA) is 58.5 Å². The van der Waals surface area contributed by atoms with Crippen LogP contribution in [0.15, 0.2) is 17.4 Å². The zero-order chi connectivity index (χ0) is 7.84. The van der Waals surface area contributed by atoms with E-state index in [0.29, 0.717) is 5.71 Å².